The largest absolute Gasteiger partial charge is 0.288 e. The van der Waals surface area contributed by atoms with Gasteiger partial charge in [0.15, 0.2) is 0 Å². The fourth-order valence-electron chi connectivity index (χ4n) is 6.10. The summed E-state index contributed by atoms with van der Waals surface area (Å²) in [5.41, 5.74) is 3.90. The van der Waals surface area contributed by atoms with Crippen molar-refractivity contribution in [2.45, 2.75) is 64.0 Å². The van der Waals surface area contributed by atoms with Crippen LogP contribution in [0.3, 0.4) is 0 Å². The smallest absolute Gasteiger partial charge is 0.251 e. The Hall–Kier alpha value is -2.57. The van der Waals surface area contributed by atoms with Crippen LogP contribution in [0.25, 0.3) is 20.8 Å². The summed E-state index contributed by atoms with van der Waals surface area (Å²) in [4.78, 5) is 35.0. The summed E-state index contributed by atoms with van der Waals surface area (Å²) in [6.07, 6.45) is 7.69. The van der Waals surface area contributed by atoms with Gasteiger partial charge in [0.05, 0.1) is 28.4 Å². The Morgan fingerprint density at radius 1 is 0.970 bits per heavy atom. The molecule has 1 aromatic heterocycles. The first-order chi connectivity index (χ1) is 16.1. The van der Waals surface area contributed by atoms with E-state index in [2.05, 4.69) is 30.0 Å². The maximum atomic E-state index is 13.4. The number of rotatable bonds is 3. The average Bonchev–Trinajstić information content (AvgIpc) is 3.38. The number of benzene rings is 2. The summed E-state index contributed by atoms with van der Waals surface area (Å²) in [6, 6.07) is 14.2. The van der Waals surface area contributed by atoms with Crippen LogP contribution in [0.2, 0.25) is 0 Å². The van der Waals surface area contributed by atoms with Gasteiger partial charge in [-0.2, -0.15) is 0 Å². The van der Waals surface area contributed by atoms with Crippen molar-refractivity contribution in [1.82, 2.24) is 9.88 Å². The second kappa shape index (κ2) is 8.33. The van der Waals surface area contributed by atoms with Crippen molar-refractivity contribution < 1.29 is 9.59 Å². The second-order valence-electron chi connectivity index (χ2n) is 9.82. The summed E-state index contributed by atoms with van der Waals surface area (Å²) in [7, 11) is 0. The standard InChI is InChI=1S/C27H29N3O2S/c1-17-8-13-21-24(15-17)33-26(28-21)19-9-11-20(12-10-19)30-25(31)16-23(27(30)32)29-14-4-6-18-5-2-3-7-22(18)29/h8-13,15,18,22-23H,2-7,14,16H2,1H3. The number of aromatic nitrogens is 1. The number of piperidine rings is 1. The van der Waals surface area contributed by atoms with E-state index in [1.54, 1.807) is 11.3 Å². The van der Waals surface area contributed by atoms with Gasteiger partial charge in [0.1, 0.15) is 5.01 Å². The first-order valence-corrected chi connectivity index (χ1v) is 13.0. The third-order valence-corrected chi connectivity index (χ3v) is 8.79. The highest BCUT2D eigenvalue weighted by atomic mass is 32.1. The summed E-state index contributed by atoms with van der Waals surface area (Å²) < 4.78 is 1.17. The van der Waals surface area contributed by atoms with Crippen molar-refractivity contribution in [2.75, 3.05) is 11.4 Å². The van der Waals surface area contributed by atoms with Gasteiger partial charge in [-0.3, -0.25) is 14.5 Å². The SMILES string of the molecule is Cc1ccc2nc(-c3ccc(N4C(=O)CC(N5CCCC6CCCCC65)C4=O)cc3)sc2c1. The molecule has 0 radical (unpaired) electrons. The molecule has 3 heterocycles. The fraction of sp³-hybridized carbons (Fsp3) is 0.444. The lowest BCUT2D eigenvalue weighted by atomic mass is 9.77. The van der Waals surface area contributed by atoms with Crippen molar-refractivity contribution in [2.24, 2.45) is 5.92 Å². The van der Waals surface area contributed by atoms with Crippen molar-refractivity contribution in [3.8, 4) is 10.6 Å². The molecule has 6 heteroatoms. The summed E-state index contributed by atoms with van der Waals surface area (Å²) in [5, 5.41) is 0.954. The number of anilines is 1. The van der Waals surface area contributed by atoms with Gasteiger partial charge in [0.2, 0.25) is 5.91 Å². The van der Waals surface area contributed by atoms with Crippen LogP contribution in [0.1, 0.15) is 50.5 Å². The first kappa shape index (κ1) is 21.0. The number of aryl methyl sites for hydroxylation is 1. The maximum Gasteiger partial charge on any atom is 0.251 e. The third kappa shape index (κ3) is 3.69. The van der Waals surface area contributed by atoms with E-state index in [0.717, 1.165) is 29.1 Å². The number of likely N-dealkylation sites (tertiary alicyclic amines) is 1. The van der Waals surface area contributed by atoms with E-state index in [4.69, 9.17) is 4.98 Å². The van der Waals surface area contributed by atoms with Crippen molar-refractivity contribution in [1.29, 1.82) is 0 Å². The zero-order valence-corrected chi connectivity index (χ0v) is 19.8. The zero-order valence-electron chi connectivity index (χ0n) is 19.0. The number of amides is 2. The molecule has 0 N–H and O–H groups in total. The van der Waals surface area contributed by atoms with E-state index >= 15 is 0 Å². The van der Waals surface area contributed by atoms with Crippen molar-refractivity contribution in [3.05, 3.63) is 48.0 Å². The topological polar surface area (TPSA) is 53.5 Å². The molecule has 3 fully saturated rings. The Bertz CT molecular complexity index is 1220. The molecule has 2 saturated heterocycles. The molecule has 2 aromatic carbocycles. The summed E-state index contributed by atoms with van der Waals surface area (Å²) >= 11 is 1.67. The van der Waals surface area contributed by atoms with Gasteiger partial charge in [-0.1, -0.05) is 18.9 Å². The highest BCUT2D eigenvalue weighted by molar-refractivity contribution is 7.21. The highest BCUT2D eigenvalue weighted by Gasteiger charge is 2.47. The fourth-order valence-corrected chi connectivity index (χ4v) is 7.17. The summed E-state index contributed by atoms with van der Waals surface area (Å²) in [5.74, 6) is 0.571. The van der Waals surface area contributed by atoms with Gasteiger partial charge in [-0.25, -0.2) is 9.88 Å². The van der Waals surface area contributed by atoms with Gasteiger partial charge < -0.3 is 0 Å². The molecule has 5 nitrogen and oxygen atoms in total. The van der Waals surface area contributed by atoms with Crippen molar-refractivity contribution in [3.63, 3.8) is 0 Å². The lowest BCUT2D eigenvalue weighted by Gasteiger charge is -2.46. The number of hydrogen-bond donors (Lipinski definition) is 0. The molecule has 0 spiro atoms. The number of fused-ring (bicyclic) bond motifs is 2. The minimum absolute atomic E-state index is 0.0468. The molecule has 3 unspecified atom stereocenters. The molecule has 33 heavy (non-hydrogen) atoms. The third-order valence-electron chi connectivity index (χ3n) is 7.73. The van der Waals surface area contributed by atoms with E-state index in [1.807, 2.05) is 24.3 Å². The van der Waals surface area contributed by atoms with Crippen LogP contribution in [0.4, 0.5) is 5.69 Å². The van der Waals surface area contributed by atoms with Crippen molar-refractivity contribution >= 4 is 39.1 Å². The van der Waals surface area contributed by atoms with E-state index in [1.165, 1.54) is 47.3 Å². The lowest BCUT2D eigenvalue weighted by Crippen LogP contribution is -2.54. The molecule has 2 amide bonds. The monoisotopic (exact) mass is 459 g/mol. The number of hydrogen-bond acceptors (Lipinski definition) is 5. The molecule has 6 rings (SSSR count). The van der Waals surface area contributed by atoms with Gasteiger partial charge in [-0.15, -0.1) is 11.3 Å². The first-order valence-electron chi connectivity index (χ1n) is 12.2. The molecule has 0 bridgehead atoms. The summed E-state index contributed by atoms with van der Waals surface area (Å²) in [6.45, 7) is 3.03. The van der Waals surface area contributed by atoms with Crippen LogP contribution >= 0.6 is 11.3 Å². The predicted octanol–water partition coefficient (Wildman–Crippen LogP) is 5.56. The molecular weight excluding hydrogens is 430 g/mol. The van der Waals surface area contributed by atoms with Crippen LogP contribution in [0.5, 0.6) is 0 Å². The average molecular weight is 460 g/mol. The van der Waals surface area contributed by atoms with Crippen LogP contribution < -0.4 is 4.90 Å². The molecule has 3 aromatic rings. The molecule has 170 valence electrons. The minimum atomic E-state index is -0.296. The molecule has 3 atom stereocenters. The van der Waals surface area contributed by atoms with E-state index < -0.39 is 0 Å². The van der Waals surface area contributed by atoms with E-state index in [0.29, 0.717) is 24.1 Å². The number of carbonyl (C=O) groups excluding carboxylic acids is 2. The minimum Gasteiger partial charge on any atom is -0.288 e. The van der Waals surface area contributed by atoms with Crippen LogP contribution in [0, 0.1) is 12.8 Å². The maximum absolute atomic E-state index is 13.4. The second-order valence-corrected chi connectivity index (χ2v) is 10.8. The lowest BCUT2D eigenvalue weighted by molar-refractivity contribution is -0.124. The Balaban J connectivity index is 1.24. The Labute approximate surface area is 198 Å². The quantitative estimate of drug-likeness (QED) is 0.481. The Kier molecular flexibility index (Phi) is 5.30. The van der Waals surface area contributed by atoms with Crippen LogP contribution in [0.15, 0.2) is 42.5 Å². The van der Waals surface area contributed by atoms with Gasteiger partial charge in [0, 0.05) is 11.6 Å². The van der Waals surface area contributed by atoms with E-state index in [9.17, 15) is 9.59 Å². The number of imide groups is 1. The Morgan fingerprint density at radius 3 is 2.61 bits per heavy atom. The number of carbonyl (C=O) groups is 2. The number of nitrogens with zero attached hydrogens (tertiary/aromatic N) is 3. The van der Waals surface area contributed by atoms with Gasteiger partial charge >= 0.3 is 0 Å². The molecule has 1 aliphatic carbocycles. The van der Waals surface area contributed by atoms with Crippen LogP contribution in [-0.4, -0.2) is 40.3 Å². The van der Waals surface area contributed by atoms with Crippen LogP contribution in [-0.2, 0) is 9.59 Å². The van der Waals surface area contributed by atoms with Gasteiger partial charge in [-0.05, 0) is 87.0 Å². The molecule has 3 aliphatic rings. The molecule has 1 saturated carbocycles. The van der Waals surface area contributed by atoms with E-state index in [-0.39, 0.29) is 17.9 Å². The Morgan fingerprint density at radius 2 is 1.76 bits per heavy atom. The predicted molar refractivity (Wildman–Crippen MR) is 132 cm³/mol. The number of thiazole rings is 1. The van der Waals surface area contributed by atoms with Gasteiger partial charge in [0.25, 0.3) is 5.91 Å². The highest BCUT2D eigenvalue weighted by Crippen LogP contribution is 2.39. The molecule has 2 aliphatic heterocycles. The normalized spacial score (nSPS) is 26.2. The zero-order chi connectivity index (χ0) is 22.5. The molecular formula is C27H29N3O2S.